The van der Waals surface area contributed by atoms with Crippen molar-refractivity contribution < 1.29 is 4.74 Å². The van der Waals surface area contributed by atoms with Gasteiger partial charge in [-0.05, 0) is 30.7 Å². The van der Waals surface area contributed by atoms with E-state index in [9.17, 15) is 4.79 Å². The molecule has 2 aromatic carbocycles. The van der Waals surface area contributed by atoms with E-state index >= 15 is 0 Å². The minimum atomic E-state index is -0.0556. The molecule has 0 amide bonds. The third-order valence-electron chi connectivity index (χ3n) is 6.23. The fourth-order valence-corrected chi connectivity index (χ4v) is 4.46. The average molecular weight is 481 g/mol. The molecule has 6 rings (SSSR count). The maximum atomic E-state index is 13.2. The fraction of sp³-hybridized carbons (Fsp3) is 0.231. The Morgan fingerprint density at radius 3 is 2.61 bits per heavy atom. The molecule has 6 aromatic rings. The molecule has 180 valence electrons. The first kappa shape index (κ1) is 21.9. The summed E-state index contributed by atoms with van der Waals surface area (Å²) in [4.78, 5) is 22.0. The summed E-state index contributed by atoms with van der Waals surface area (Å²) in [6, 6.07) is 17.3. The number of aromatic nitrogens is 8. The van der Waals surface area contributed by atoms with E-state index in [4.69, 9.17) is 4.74 Å². The predicted octanol–water partition coefficient (Wildman–Crippen LogP) is 3.94. The summed E-state index contributed by atoms with van der Waals surface area (Å²) < 4.78 is 11.5. The van der Waals surface area contributed by atoms with Crippen LogP contribution in [0.2, 0.25) is 0 Å². The molecular formula is C26H24N8O2. The summed E-state index contributed by atoms with van der Waals surface area (Å²) in [5, 5.41) is 14.6. The fourth-order valence-electron chi connectivity index (χ4n) is 4.46. The van der Waals surface area contributed by atoms with Crippen molar-refractivity contribution in [2.75, 3.05) is 0 Å². The normalized spacial score (nSPS) is 11.6. The molecule has 0 aliphatic heterocycles. The molecule has 4 heterocycles. The van der Waals surface area contributed by atoms with E-state index < -0.39 is 0 Å². The number of hydrogen-bond acceptors (Lipinski definition) is 7. The molecule has 0 aliphatic carbocycles. The molecular weight excluding hydrogens is 456 g/mol. The number of unbranched alkanes of at least 4 members (excludes halogenated alkanes) is 2. The highest BCUT2D eigenvalue weighted by Crippen LogP contribution is 2.24. The zero-order valence-electron chi connectivity index (χ0n) is 19.8. The maximum Gasteiger partial charge on any atom is 0.262 e. The van der Waals surface area contributed by atoms with Crippen LogP contribution in [-0.4, -0.2) is 38.9 Å². The minimum Gasteiger partial charge on any atom is -0.469 e. The molecule has 4 aromatic heterocycles. The van der Waals surface area contributed by atoms with Crippen molar-refractivity contribution in [2.45, 2.75) is 39.3 Å². The van der Waals surface area contributed by atoms with Crippen LogP contribution in [0.3, 0.4) is 0 Å². The quantitative estimate of drug-likeness (QED) is 0.304. The smallest absolute Gasteiger partial charge is 0.262 e. The van der Waals surface area contributed by atoms with Crippen LogP contribution in [0.1, 0.15) is 32.0 Å². The van der Waals surface area contributed by atoms with Crippen LogP contribution >= 0.6 is 0 Å². The van der Waals surface area contributed by atoms with E-state index in [1.165, 1.54) is 6.33 Å². The molecule has 10 heteroatoms. The van der Waals surface area contributed by atoms with Gasteiger partial charge in [-0.25, -0.2) is 14.6 Å². The number of benzene rings is 2. The summed E-state index contributed by atoms with van der Waals surface area (Å²) in [5.41, 5.74) is 2.23. The van der Waals surface area contributed by atoms with Gasteiger partial charge in [0.2, 0.25) is 11.7 Å². The number of aryl methyl sites for hydroxylation is 1. The second kappa shape index (κ2) is 9.21. The first-order chi connectivity index (χ1) is 17.8. The average Bonchev–Trinajstić information content (AvgIpc) is 3.55. The molecule has 10 nitrogen and oxygen atoms in total. The Balaban J connectivity index is 1.39. The van der Waals surface area contributed by atoms with Crippen LogP contribution in [0.4, 0.5) is 0 Å². The second-order valence-corrected chi connectivity index (χ2v) is 8.53. The van der Waals surface area contributed by atoms with Gasteiger partial charge in [0.1, 0.15) is 11.7 Å². The van der Waals surface area contributed by atoms with Gasteiger partial charge in [0.05, 0.1) is 22.8 Å². The summed E-state index contributed by atoms with van der Waals surface area (Å²) in [6.45, 7) is 2.84. The molecule has 0 saturated carbocycles. The van der Waals surface area contributed by atoms with E-state index in [2.05, 4.69) is 32.2 Å². The van der Waals surface area contributed by atoms with E-state index in [-0.39, 0.29) is 12.2 Å². The molecule has 0 unspecified atom stereocenters. The Morgan fingerprint density at radius 1 is 0.917 bits per heavy atom. The number of rotatable bonds is 8. The SMILES string of the molecule is CCCCCn1c(=O)c2ccccc2n2c(COc3ncnc4c3cnn4-c3ccccc3)nnc12. The van der Waals surface area contributed by atoms with Crippen LogP contribution in [0, 0.1) is 0 Å². The van der Waals surface area contributed by atoms with Crippen molar-refractivity contribution in [1.29, 1.82) is 0 Å². The van der Waals surface area contributed by atoms with Gasteiger partial charge >= 0.3 is 0 Å². The third kappa shape index (κ3) is 3.67. The molecule has 0 spiro atoms. The summed E-state index contributed by atoms with van der Waals surface area (Å²) >= 11 is 0. The van der Waals surface area contributed by atoms with E-state index in [0.717, 1.165) is 30.5 Å². The van der Waals surface area contributed by atoms with Gasteiger partial charge in [-0.3, -0.25) is 13.8 Å². The van der Waals surface area contributed by atoms with Crippen LogP contribution in [0.25, 0.3) is 33.4 Å². The molecule has 0 aliphatic rings. The number of nitrogens with zero attached hydrogens (tertiary/aromatic N) is 8. The monoisotopic (exact) mass is 480 g/mol. The topological polar surface area (TPSA) is 105 Å². The standard InChI is InChI=1S/C26H24N8O2/c1-2-3-9-14-32-25(35)19-12-7-8-13-21(19)33-22(30-31-26(32)33)16-36-24-20-15-29-34(23(20)27-17-28-24)18-10-5-4-6-11-18/h4-8,10-13,15,17H,2-3,9,14,16H2,1H3. The molecule has 0 saturated heterocycles. The highest BCUT2D eigenvalue weighted by atomic mass is 16.5. The third-order valence-corrected chi connectivity index (χ3v) is 6.23. The van der Waals surface area contributed by atoms with Gasteiger partial charge in [-0.2, -0.15) is 5.10 Å². The summed E-state index contributed by atoms with van der Waals surface area (Å²) in [6.07, 6.45) is 6.16. The Morgan fingerprint density at radius 2 is 1.75 bits per heavy atom. The van der Waals surface area contributed by atoms with Gasteiger partial charge in [0, 0.05) is 6.54 Å². The van der Waals surface area contributed by atoms with Crippen molar-refractivity contribution >= 4 is 27.7 Å². The molecule has 0 N–H and O–H groups in total. The van der Waals surface area contributed by atoms with E-state index in [1.54, 1.807) is 15.4 Å². The lowest BCUT2D eigenvalue weighted by atomic mass is 10.2. The predicted molar refractivity (Wildman–Crippen MR) is 135 cm³/mol. The first-order valence-electron chi connectivity index (χ1n) is 12.0. The van der Waals surface area contributed by atoms with E-state index in [1.807, 2.05) is 59.0 Å². The van der Waals surface area contributed by atoms with Gasteiger partial charge in [-0.15, -0.1) is 10.2 Å². The minimum absolute atomic E-state index is 0.0556. The molecule has 0 fully saturated rings. The van der Waals surface area contributed by atoms with Crippen LogP contribution < -0.4 is 10.3 Å². The van der Waals surface area contributed by atoms with Crippen LogP contribution in [-0.2, 0) is 13.2 Å². The number of para-hydroxylation sites is 2. The van der Waals surface area contributed by atoms with Crippen LogP contribution in [0.5, 0.6) is 5.88 Å². The van der Waals surface area contributed by atoms with Crippen molar-refractivity contribution in [3.63, 3.8) is 0 Å². The van der Waals surface area contributed by atoms with Crippen molar-refractivity contribution in [3.8, 4) is 11.6 Å². The number of ether oxygens (including phenoxy) is 1. The van der Waals surface area contributed by atoms with Gasteiger partial charge < -0.3 is 4.74 Å². The molecule has 0 radical (unpaired) electrons. The zero-order chi connectivity index (χ0) is 24.5. The molecule has 0 atom stereocenters. The lowest BCUT2D eigenvalue weighted by Gasteiger charge is -2.11. The highest BCUT2D eigenvalue weighted by molar-refractivity contribution is 5.81. The van der Waals surface area contributed by atoms with E-state index in [0.29, 0.717) is 40.4 Å². The first-order valence-corrected chi connectivity index (χ1v) is 12.0. The Kier molecular flexibility index (Phi) is 5.61. The Hall–Kier alpha value is -4.60. The lowest BCUT2D eigenvalue weighted by Crippen LogP contribution is -2.24. The maximum absolute atomic E-state index is 13.2. The molecule has 36 heavy (non-hydrogen) atoms. The van der Waals surface area contributed by atoms with Gasteiger partial charge in [0.25, 0.3) is 5.56 Å². The van der Waals surface area contributed by atoms with Crippen molar-refractivity contribution in [1.82, 2.24) is 38.9 Å². The van der Waals surface area contributed by atoms with Crippen molar-refractivity contribution in [2.24, 2.45) is 0 Å². The lowest BCUT2D eigenvalue weighted by molar-refractivity contribution is 0.287. The second-order valence-electron chi connectivity index (χ2n) is 8.53. The van der Waals surface area contributed by atoms with Gasteiger partial charge in [0.15, 0.2) is 18.1 Å². The Bertz CT molecular complexity index is 1740. The number of hydrogen-bond donors (Lipinski definition) is 0. The highest BCUT2D eigenvalue weighted by Gasteiger charge is 2.18. The summed E-state index contributed by atoms with van der Waals surface area (Å²) in [7, 11) is 0. The summed E-state index contributed by atoms with van der Waals surface area (Å²) in [5.74, 6) is 1.49. The number of fused-ring (bicyclic) bond motifs is 4. The van der Waals surface area contributed by atoms with Crippen molar-refractivity contribution in [3.05, 3.63) is 83.3 Å². The van der Waals surface area contributed by atoms with Gasteiger partial charge in [-0.1, -0.05) is 50.1 Å². The Labute approximate surface area is 205 Å². The largest absolute Gasteiger partial charge is 0.469 e. The van der Waals surface area contributed by atoms with Crippen LogP contribution in [0.15, 0.2) is 71.9 Å². The zero-order valence-corrected chi connectivity index (χ0v) is 19.8. The molecule has 0 bridgehead atoms.